The molecule has 0 aromatic heterocycles. The molecule has 0 aliphatic rings. The van der Waals surface area contributed by atoms with Crippen LogP contribution in [0.2, 0.25) is 0 Å². The molecule has 0 aliphatic carbocycles. The van der Waals surface area contributed by atoms with Gasteiger partial charge in [-0.05, 0) is 6.92 Å². The summed E-state index contributed by atoms with van der Waals surface area (Å²) >= 11 is 0. The lowest BCUT2D eigenvalue weighted by atomic mass is 10.2. The fourth-order valence-electron chi connectivity index (χ4n) is 0.813. The highest BCUT2D eigenvalue weighted by molar-refractivity contribution is 5.88. The maximum Gasteiger partial charge on any atom is 0.303 e. The zero-order valence-electron chi connectivity index (χ0n) is 7.95. The van der Waals surface area contributed by atoms with Crippen LogP contribution < -0.4 is 11.1 Å². The molecule has 6 heteroatoms. The average Bonchev–Trinajstić information content (AvgIpc) is 2.10. The van der Waals surface area contributed by atoms with E-state index >= 15 is 0 Å². The van der Waals surface area contributed by atoms with Gasteiger partial charge in [-0.25, -0.2) is 0 Å². The zero-order chi connectivity index (χ0) is 11.1. The number of carboxylic acids is 1. The Labute approximate surface area is 81.5 Å². The van der Waals surface area contributed by atoms with Gasteiger partial charge < -0.3 is 16.2 Å². The van der Waals surface area contributed by atoms with Gasteiger partial charge in [0, 0.05) is 13.0 Å². The number of ketones is 1. The van der Waals surface area contributed by atoms with Crippen molar-refractivity contribution in [2.75, 3.05) is 6.54 Å². The van der Waals surface area contributed by atoms with E-state index in [-0.39, 0.29) is 25.2 Å². The minimum atomic E-state index is -1.05. The first-order valence-electron chi connectivity index (χ1n) is 4.19. The smallest absolute Gasteiger partial charge is 0.303 e. The van der Waals surface area contributed by atoms with Gasteiger partial charge in [0.2, 0.25) is 5.91 Å². The van der Waals surface area contributed by atoms with Crippen LogP contribution in [0.3, 0.4) is 0 Å². The van der Waals surface area contributed by atoms with Gasteiger partial charge in [0.05, 0.1) is 12.5 Å². The number of Topliss-reactive ketones (excluding diaryl/α,β-unsaturated/α-hetero) is 1. The molecule has 1 atom stereocenters. The van der Waals surface area contributed by atoms with Crippen molar-refractivity contribution in [2.45, 2.75) is 25.8 Å². The third-order valence-electron chi connectivity index (χ3n) is 1.63. The number of rotatable bonds is 6. The Balaban J connectivity index is 3.91. The van der Waals surface area contributed by atoms with Crippen molar-refractivity contribution < 1.29 is 19.5 Å². The van der Waals surface area contributed by atoms with Crippen LogP contribution in [0.5, 0.6) is 0 Å². The largest absolute Gasteiger partial charge is 0.481 e. The monoisotopic (exact) mass is 202 g/mol. The van der Waals surface area contributed by atoms with E-state index in [4.69, 9.17) is 10.8 Å². The van der Waals surface area contributed by atoms with Crippen LogP contribution in [0.15, 0.2) is 0 Å². The van der Waals surface area contributed by atoms with Crippen LogP contribution >= 0.6 is 0 Å². The van der Waals surface area contributed by atoms with Gasteiger partial charge in [-0.3, -0.25) is 14.4 Å². The molecule has 0 bridgehead atoms. The average molecular weight is 202 g/mol. The molecule has 0 aromatic carbocycles. The summed E-state index contributed by atoms with van der Waals surface area (Å²) in [5, 5.41) is 10.6. The van der Waals surface area contributed by atoms with Gasteiger partial charge in [-0.1, -0.05) is 0 Å². The lowest BCUT2D eigenvalue weighted by Gasteiger charge is -2.12. The van der Waals surface area contributed by atoms with Crippen molar-refractivity contribution in [3.05, 3.63) is 0 Å². The Morgan fingerprint density at radius 1 is 1.36 bits per heavy atom. The van der Waals surface area contributed by atoms with E-state index in [2.05, 4.69) is 5.32 Å². The Morgan fingerprint density at radius 2 is 1.93 bits per heavy atom. The number of carboxylic acid groups (broad SMARTS) is 1. The number of amides is 1. The summed E-state index contributed by atoms with van der Waals surface area (Å²) in [4.78, 5) is 32.0. The second-order valence-corrected chi connectivity index (χ2v) is 2.86. The van der Waals surface area contributed by atoms with Crippen LogP contribution in [0, 0.1) is 0 Å². The van der Waals surface area contributed by atoms with Gasteiger partial charge in [0.15, 0.2) is 5.78 Å². The van der Waals surface area contributed by atoms with E-state index < -0.39 is 17.9 Å². The Hall–Kier alpha value is -1.43. The van der Waals surface area contributed by atoms with Crippen LogP contribution in [-0.2, 0) is 14.4 Å². The summed E-state index contributed by atoms with van der Waals surface area (Å²) < 4.78 is 0. The summed E-state index contributed by atoms with van der Waals surface area (Å²) in [6, 6.07) is -0.712. The molecular weight excluding hydrogens is 188 g/mol. The molecule has 4 N–H and O–H groups in total. The van der Waals surface area contributed by atoms with Crippen molar-refractivity contribution >= 4 is 17.7 Å². The maximum absolute atomic E-state index is 11.0. The Morgan fingerprint density at radius 3 is 2.29 bits per heavy atom. The highest BCUT2D eigenvalue weighted by atomic mass is 16.4. The topological polar surface area (TPSA) is 109 Å². The first-order valence-corrected chi connectivity index (χ1v) is 4.19. The molecule has 1 amide bonds. The summed E-state index contributed by atoms with van der Waals surface area (Å²) in [6.07, 6.45) is -0.389. The molecule has 14 heavy (non-hydrogen) atoms. The lowest BCUT2D eigenvalue weighted by molar-refractivity contribution is -0.139. The highest BCUT2D eigenvalue weighted by Crippen LogP contribution is 1.91. The van der Waals surface area contributed by atoms with Crippen molar-refractivity contribution in [3.8, 4) is 0 Å². The first kappa shape index (κ1) is 12.6. The van der Waals surface area contributed by atoms with E-state index in [1.807, 2.05) is 0 Å². The molecule has 0 saturated heterocycles. The fourth-order valence-corrected chi connectivity index (χ4v) is 0.813. The lowest BCUT2D eigenvalue weighted by Crippen LogP contribution is -2.44. The Kier molecular flexibility index (Phi) is 5.47. The van der Waals surface area contributed by atoms with Gasteiger partial charge >= 0.3 is 5.97 Å². The normalized spacial score (nSPS) is 11.9. The minimum absolute atomic E-state index is 0.0220. The van der Waals surface area contributed by atoms with Crippen LogP contribution in [0.4, 0.5) is 0 Å². The van der Waals surface area contributed by atoms with Gasteiger partial charge in [0.1, 0.15) is 0 Å². The SMILES string of the molecule is CC(=O)C(CN)NC(=O)CCC(=O)O. The number of hydrogen-bond donors (Lipinski definition) is 3. The molecule has 0 aromatic rings. The molecule has 0 rings (SSSR count). The second kappa shape index (κ2) is 6.09. The molecule has 6 nitrogen and oxygen atoms in total. The zero-order valence-corrected chi connectivity index (χ0v) is 7.95. The number of aliphatic carboxylic acids is 1. The molecule has 1 unspecified atom stereocenters. The summed E-state index contributed by atoms with van der Waals surface area (Å²) in [5.74, 6) is -1.76. The van der Waals surface area contributed by atoms with E-state index in [9.17, 15) is 14.4 Å². The molecule has 0 aliphatic heterocycles. The van der Waals surface area contributed by atoms with E-state index in [0.29, 0.717) is 0 Å². The maximum atomic E-state index is 11.0. The first-order chi connectivity index (χ1) is 6.47. The number of nitrogens with one attached hydrogen (secondary N) is 1. The molecule has 0 heterocycles. The Bertz CT molecular complexity index is 239. The van der Waals surface area contributed by atoms with Crippen molar-refractivity contribution in [3.63, 3.8) is 0 Å². The quantitative estimate of drug-likeness (QED) is 0.505. The van der Waals surface area contributed by atoms with Crippen LogP contribution in [0.1, 0.15) is 19.8 Å². The van der Waals surface area contributed by atoms with Gasteiger partial charge in [-0.15, -0.1) is 0 Å². The molecule has 80 valence electrons. The summed E-state index contributed by atoms with van der Waals surface area (Å²) in [6.45, 7) is 1.34. The standard InChI is InChI=1S/C8H14N2O4/c1-5(11)6(4-9)10-7(12)2-3-8(13)14/h6H,2-4,9H2,1H3,(H,10,12)(H,13,14). The van der Waals surface area contributed by atoms with Gasteiger partial charge in [0.25, 0.3) is 0 Å². The summed E-state index contributed by atoms with van der Waals surface area (Å²) in [7, 11) is 0. The number of nitrogens with two attached hydrogens (primary N) is 1. The summed E-state index contributed by atoms with van der Waals surface area (Å²) in [5.41, 5.74) is 5.23. The van der Waals surface area contributed by atoms with E-state index in [1.54, 1.807) is 0 Å². The number of carbonyl (C=O) groups is 3. The van der Waals surface area contributed by atoms with E-state index in [0.717, 1.165) is 0 Å². The molecule has 0 fully saturated rings. The van der Waals surface area contributed by atoms with Gasteiger partial charge in [-0.2, -0.15) is 0 Å². The second-order valence-electron chi connectivity index (χ2n) is 2.86. The molecule has 0 radical (unpaired) electrons. The number of hydrogen-bond acceptors (Lipinski definition) is 4. The molecule has 0 saturated carbocycles. The van der Waals surface area contributed by atoms with Crippen molar-refractivity contribution in [1.82, 2.24) is 5.32 Å². The highest BCUT2D eigenvalue weighted by Gasteiger charge is 2.15. The van der Waals surface area contributed by atoms with E-state index in [1.165, 1.54) is 6.92 Å². The predicted octanol–water partition coefficient (Wildman–Crippen LogP) is -1.12. The molecular formula is C8H14N2O4. The fraction of sp³-hybridized carbons (Fsp3) is 0.625. The van der Waals surface area contributed by atoms with Crippen molar-refractivity contribution in [1.29, 1.82) is 0 Å². The van der Waals surface area contributed by atoms with Crippen molar-refractivity contribution in [2.24, 2.45) is 5.73 Å². The number of carbonyl (C=O) groups excluding carboxylic acids is 2. The minimum Gasteiger partial charge on any atom is -0.481 e. The third kappa shape index (κ3) is 5.26. The van der Waals surface area contributed by atoms with Crippen LogP contribution in [-0.4, -0.2) is 35.4 Å². The third-order valence-corrected chi connectivity index (χ3v) is 1.63. The molecule has 0 spiro atoms. The predicted molar refractivity (Wildman–Crippen MR) is 48.5 cm³/mol. The van der Waals surface area contributed by atoms with Crippen LogP contribution in [0.25, 0.3) is 0 Å².